The van der Waals surface area contributed by atoms with Crippen molar-refractivity contribution in [1.29, 1.82) is 0 Å². The number of allylic oxidation sites excluding steroid dienone is 1. The van der Waals surface area contributed by atoms with Crippen LogP contribution in [0, 0.1) is 6.92 Å². The summed E-state index contributed by atoms with van der Waals surface area (Å²) in [6.45, 7) is 2.14. The first kappa shape index (κ1) is 9.51. The fourth-order valence-electron chi connectivity index (χ4n) is 2.05. The minimum Gasteiger partial charge on any atom is -0.0696 e. The summed E-state index contributed by atoms with van der Waals surface area (Å²) in [5, 5.41) is 0. The standard InChI is InChI=1S/C14H18/c1-12-7-9-14(10-8-12)11-13-5-3-2-4-6-13/h7-11H,2-6H2,1H3. The van der Waals surface area contributed by atoms with Gasteiger partial charge in [0.25, 0.3) is 0 Å². The molecule has 0 amide bonds. The molecule has 0 heterocycles. The van der Waals surface area contributed by atoms with E-state index in [0.29, 0.717) is 0 Å². The highest BCUT2D eigenvalue weighted by Gasteiger charge is 2.04. The van der Waals surface area contributed by atoms with Gasteiger partial charge in [0.05, 0.1) is 0 Å². The second-order valence-electron chi connectivity index (χ2n) is 4.27. The average Bonchev–Trinajstić information content (AvgIpc) is 2.23. The quantitative estimate of drug-likeness (QED) is 0.612. The molecule has 1 aromatic carbocycles. The summed E-state index contributed by atoms with van der Waals surface area (Å²) >= 11 is 0. The molecule has 0 N–H and O–H groups in total. The van der Waals surface area contributed by atoms with Gasteiger partial charge in [-0.15, -0.1) is 0 Å². The molecule has 14 heavy (non-hydrogen) atoms. The fourth-order valence-corrected chi connectivity index (χ4v) is 2.05. The second kappa shape index (κ2) is 4.45. The molecule has 74 valence electrons. The second-order valence-corrected chi connectivity index (χ2v) is 4.27. The molecule has 1 aromatic rings. The number of rotatable bonds is 1. The Labute approximate surface area is 86.7 Å². The zero-order chi connectivity index (χ0) is 9.80. The molecule has 0 aliphatic heterocycles. The van der Waals surface area contributed by atoms with Gasteiger partial charge in [0.15, 0.2) is 0 Å². The third kappa shape index (κ3) is 2.47. The minimum atomic E-state index is 1.31. The van der Waals surface area contributed by atoms with Gasteiger partial charge in [-0.25, -0.2) is 0 Å². The Kier molecular flexibility index (Phi) is 3.03. The van der Waals surface area contributed by atoms with E-state index in [2.05, 4.69) is 37.3 Å². The van der Waals surface area contributed by atoms with Crippen molar-refractivity contribution in [2.45, 2.75) is 39.0 Å². The van der Waals surface area contributed by atoms with Crippen LogP contribution in [0.25, 0.3) is 6.08 Å². The van der Waals surface area contributed by atoms with Crippen molar-refractivity contribution in [2.75, 3.05) is 0 Å². The van der Waals surface area contributed by atoms with Crippen LogP contribution in [0.3, 0.4) is 0 Å². The predicted octanol–water partition coefficient (Wildman–Crippen LogP) is 4.34. The van der Waals surface area contributed by atoms with Crippen LogP contribution in [0.4, 0.5) is 0 Å². The number of hydrogen-bond donors (Lipinski definition) is 0. The molecule has 1 aliphatic rings. The average molecular weight is 186 g/mol. The van der Waals surface area contributed by atoms with Crippen LogP contribution >= 0.6 is 0 Å². The Morgan fingerprint density at radius 2 is 1.57 bits per heavy atom. The summed E-state index contributed by atoms with van der Waals surface area (Å²) in [5.74, 6) is 0. The Morgan fingerprint density at radius 1 is 0.929 bits per heavy atom. The largest absolute Gasteiger partial charge is 0.0696 e. The van der Waals surface area contributed by atoms with Crippen LogP contribution in [0.15, 0.2) is 29.8 Å². The Morgan fingerprint density at radius 3 is 2.21 bits per heavy atom. The maximum absolute atomic E-state index is 2.37. The summed E-state index contributed by atoms with van der Waals surface area (Å²) < 4.78 is 0. The molecule has 0 spiro atoms. The van der Waals surface area contributed by atoms with Gasteiger partial charge in [0.1, 0.15) is 0 Å². The van der Waals surface area contributed by atoms with Gasteiger partial charge in [0.2, 0.25) is 0 Å². The van der Waals surface area contributed by atoms with E-state index in [1.54, 1.807) is 5.57 Å². The summed E-state index contributed by atoms with van der Waals surface area (Å²) in [4.78, 5) is 0. The van der Waals surface area contributed by atoms with E-state index in [4.69, 9.17) is 0 Å². The molecule has 0 heteroatoms. The molecule has 0 unspecified atom stereocenters. The van der Waals surface area contributed by atoms with E-state index in [1.165, 1.54) is 43.2 Å². The van der Waals surface area contributed by atoms with E-state index in [1.807, 2.05) is 0 Å². The SMILES string of the molecule is Cc1ccc(C=C2CCCCC2)cc1. The van der Waals surface area contributed by atoms with Crippen molar-refractivity contribution in [3.63, 3.8) is 0 Å². The van der Waals surface area contributed by atoms with Crippen molar-refractivity contribution in [1.82, 2.24) is 0 Å². The maximum Gasteiger partial charge on any atom is -0.0257 e. The zero-order valence-corrected chi connectivity index (χ0v) is 8.92. The normalized spacial score (nSPS) is 16.8. The lowest BCUT2D eigenvalue weighted by atomic mass is 9.93. The lowest BCUT2D eigenvalue weighted by Crippen LogP contribution is -1.93. The predicted molar refractivity (Wildman–Crippen MR) is 62.2 cm³/mol. The van der Waals surface area contributed by atoms with Crippen LogP contribution in [-0.4, -0.2) is 0 Å². The van der Waals surface area contributed by atoms with Gasteiger partial charge in [-0.3, -0.25) is 0 Å². The van der Waals surface area contributed by atoms with Crippen molar-refractivity contribution in [2.24, 2.45) is 0 Å². The van der Waals surface area contributed by atoms with Gasteiger partial charge < -0.3 is 0 Å². The molecule has 1 saturated carbocycles. The van der Waals surface area contributed by atoms with Crippen LogP contribution in [0.5, 0.6) is 0 Å². The summed E-state index contributed by atoms with van der Waals surface area (Å²) in [7, 11) is 0. The van der Waals surface area contributed by atoms with Crippen molar-refractivity contribution >= 4 is 6.08 Å². The molecule has 1 fully saturated rings. The van der Waals surface area contributed by atoms with Gasteiger partial charge >= 0.3 is 0 Å². The highest BCUT2D eigenvalue weighted by molar-refractivity contribution is 5.53. The van der Waals surface area contributed by atoms with E-state index in [0.717, 1.165) is 0 Å². The topological polar surface area (TPSA) is 0 Å². The monoisotopic (exact) mass is 186 g/mol. The number of hydrogen-bond acceptors (Lipinski definition) is 0. The van der Waals surface area contributed by atoms with Crippen LogP contribution < -0.4 is 0 Å². The molecule has 1 aliphatic carbocycles. The van der Waals surface area contributed by atoms with Gasteiger partial charge in [-0.2, -0.15) is 0 Å². The summed E-state index contributed by atoms with van der Waals surface area (Å²) in [6, 6.07) is 8.82. The molecule has 0 atom stereocenters. The molecule has 0 nitrogen and oxygen atoms in total. The molecule has 2 rings (SSSR count). The number of benzene rings is 1. The van der Waals surface area contributed by atoms with E-state index in [-0.39, 0.29) is 0 Å². The highest BCUT2D eigenvalue weighted by atomic mass is 14.1. The van der Waals surface area contributed by atoms with Crippen LogP contribution in [0.1, 0.15) is 43.2 Å². The lowest BCUT2D eigenvalue weighted by molar-refractivity contribution is 0.602. The van der Waals surface area contributed by atoms with Crippen LogP contribution in [0.2, 0.25) is 0 Å². The Hall–Kier alpha value is -1.04. The molecular formula is C14H18. The van der Waals surface area contributed by atoms with Crippen molar-refractivity contribution in [3.8, 4) is 0 Å². The third-order valence-corrected chi connectivity index (χ3v) is 2.94. The highest BCUT2D eigenvalue weighted by Crippen LogP contribution is 2.24. The zero-order valence-electron chi connectivity index (χ0n) is 8.92. The lowest BCUT2D eigenvalue weighted by Gasteiger charge is -2.13. The van der Waals surface area contributed by atoms with Gasteiger partial charge in [0, 0.05) is 0 Å². The van der Waals surface area contributed by atoms with Gasteiger partial charge in [-0.05, 0) is 38.2 Å². The van der Waals surface area contributed by atoms with Crippen molar-refractivity contribution < 1.29 is 0 Å². The maximum atomic E-state index is 2.37. The molecule has 0 aromatic heterocycles. The fraction of sp³-hybridized carbons (Fsp3) is 0.429. The van der Waals surface area contributed by atoms with E-state index >= 15 is 0 Å². The summed E-state index contributed by atoms with van der Waals surface area (Å²) in [5.41, 5.74) is 4.35. The Bertz CT molecular complexity index is 308. The van der Waals surface area contributed by atoms with E-state index < -0.39 is 0 Å². The Balaban J connectivity index is 2.11. The molecule has 0 radical (unpaired) electrons. The minimum absolute atomic E-state index is 1.31. The first-order valence-corrected chi connectivity index (χ1v) is 5.61. The first-order valence-electron chi connectivity index (χ1n) is 5.61. The number of aryl methyl sites for hydroxylation is 1. The van der Waals surface area contributed by atoms with Crippen molar-refractivity contribution in [3.05, 3.63) is 41.0 Å². The van der Waals surface area contributed by atoms with Crippen LogP contribution in [-0.2, 0) is 0 Å². The molecule has 0 bridgehead atoms. The molecular weight excluding hydrogens is 168 g/mol. The third-order valence-electron chi connectivity index (χ3n) is 2.94. The summed E-state index contributed by atoms with van der Waals surface area (Å²) in [6.07, 6.45) is 9.20. The molecule has 0 saturated heterocycles. The first-order chi connectivity index (χ1) is 6.84. The smallest absolute Gasteiger partial charge is 0.0257 e. The van der Waals surface area contributed by atoms with Gasteiger partial charge in [-0.1, -0.05) is 47.9 Å². The van der Waals surface area contributed by atoms with E-state index in [9.17, 15) is 0 Å².